The van der Waals surface area contributed by atoms with Gasteiger partial charge in [0, 0.05) is 56.0 Å². The molecule has 6 aromatic carbocycles. The van der Waals surface area contributed by atoms with Gasteiger partial charge in [-0.3, -0.25) is 42.8 Å². The molecule has 103 heavy (non-hydrogen) atoms. The Bertz CT molecular complexity index is 5520. The van der Waals surface area contributed by atoms with Crippen LogP contribution in [0.1, 0.15) is 57.7 Å². The number of piperidine rings is 1. The molecule has 28 heteroatoms. The molecule has 0 spiro atoms. The number of amides is 3. The molecule has 0 aliphatic carbocycles. The van der Waals surface area contributed by atoms with E-state index >= 15 is 0 Å². The van der Waals surface area contributed by atoms with Crippen molar-refractivity contribution in [1.82, 2.24) is 74.6 Å². The summed E-state index contributed by atoms with van der Waals surface area (Å²) in [5, 5.41) is 34.9. The molecule has 12 aromatic rings. The molecule has 0 unspecified atom stereocenters. The fourth-order valence-corrected chi connectivity index (χ4v) is 12.8. The smallest absolute Gasteiger partial charge is 0.298 e. The highest BCUT2D eigenvalue weighted by Crippen LogP contribution is 2.39. The second-order valence-corrected chi connectivity index (χ2v) is 24.2. The summed E-state index contributed by atoms with van der Waals surface area (Å²) in [5.41, 5.74) is 22.1. The summed E-state index contributed by atoms with van der Waals surface area (Å²) in [7, 11) is 0. The number of halogens is 1. The molecule has 9 heterocycles. The molecule has 3 aliphatic heterocycles. The third-order valence-corrected chi connectivity index (χ3v) is 17.7. The SMILES string of the molecule is C=CC(=O)N1CCC[C@@H](n2nc(-c3ccc(Oc4ccccc4)cc3)c3c(N)n[nH]c(=O)c32)C1.CC#CC(=O)N1CC[C@@H](n2nc(-c3ccc(Oc4ccccc4)cc3)c3c(N)n[nH]c(=O)c32)C1.CC#CC(=O)N1CC[C@@H](n2nc(-c3ccc(Oc4ccccc4F)cc3)c3c(N)n[nH]c(=O)c32)C1. The zero-order chi connectivity index (χ0) is 71.8. The van der Waals surface area contributed by atoms with Crippen LogP contribution in [0.5, 0.6) is 34.5 Å². The van der Waals surface area contributed by atoms with Crippen LogP contribution in [-0.2, 0) is 14.4 Å². The van der Waals surface area contributed by atoms with E-state index < -0.39 is 11.4 Å². The van der Waals surface area contributed by atoms with Gasteiger partial charge in [-0.25, -0.2) is 19.7 Å². The molecule has 3 atom stereocenters. The minimum absolute atomic E-state index is 0.114. The van der Waals surface area contributed by atoms with E-state index in [9.17, 15) is 33.2 Å². The number of hydrogen-bond donors (Lipinski definition) is 6. The largest absolute Gasteiger partial charge is 0.457 e. The van der Waals surface area contributed by atoms with Crippen LogP contribution in [0.4, 0.5) is 21.8 Å². The second kappa shape index (κ2) is 29.8. The number of anilines is 3. The van der Waals surface area contributed by atoms with Crippen molar-refractivity contribution in [3.05, 3.63) is 207 Å². The van der Waals surface area contributed by atoms with Crippen LogP contribution in [0.3, 0.4) is 0 Å². The summed E-state index contributed by atoms with van der Waals surface area (Å²) in [6.45, 7) is 9.75. The van der Waals surface area contributed by atoms with Gasteiger partial charge in [0.15, 0.2) is 29.0 Å². The number of aromatic nitrogens is 12. The molecule has 3 aliphatic rings. The Morgan fingerprint density at radius 3 is 1.20 bits per heavy atom. The number of rotatable bonds is 13. The molecular weight excluding hydrogens is 1320 g/mol. The summed E-state index contributed by atoms with van der Waals surface area (Å²) in [6.07, 6.45) is 4.15. The average Bonchev–Trinajstić information content (AvgIpc) is 1.61. The summed E-state index contributed by atoms with van der Waals surface area (Å²) in [5.74, 6) is 13.2. The molecule has 3 amide bonds. The Morgan fingerprint density at radius 1 is 0.476 bits per heavy atom. The van der Waals surface area contributed by atoms with Crippen LogP contribution in [0.2, 0.25) is 0 Å². The first kappa shape index (κ1) is 67.9. The zero-order valence-corrected chi connectivity index (χ0v) is 55.7. The Balaban J connectivity index is 0.000000138. The van der Waals surface area contributed by atoms with Gasteiger partial charge in [-0.15, -0.1) is 0 Å². The predicted octanol–water partition coefficient (Wildman–Crippen LogP) is 9.57. The molecule has 27 nitrogen and oxygen atoms in total. The normalized spacial score (nSPS) is 15.4. The summed E-state index contributed by atoms with van der Waals surface area (Å²) < 4.78 is 36.3. The molecule has 518 valence electrons. The topological polar surface area (TPSA) is 357 Å². The molecule has 0 saturated carbocycles. The van der Waals surface area contributed by atoms with Crippen LogP contribution < -0.4 is 48.1 Å². The van der Waals surface area contributed by atoms with E-state index in [0.717, 1.165) is 35.5 Å². The number of carbonyl (C=O) groups is 3. The van der Waals surface area contributed by atoms with Gasteiger partial charge in [-0.05, 0) is 167 Å². The van der Waals surface area contributed by atoms with Crippen LogP contribution in [0, 0.1) is 29.5 Å². The van der Waals surface area contributed by atoms with Gasteiger partial charge in [0.25, 0.3) is 28.5 Å². The third-order valence-electron chi connectivity index (χ3n) is 17.7. The maximum atomic E-state index is 13.9. The number of nitrogens with zero attached hydrogens (tertiary/aromatic N) is 12. The van der Waals surface area contributed by atoms with E-state index in [2.05, 4.69) is 60.9 Å². The van der Waals surface area contributed by atoms with Crippen molar-refractivity contribution >= 4 is 67.9 Å². The van der Waals surface area contributed by atoms with E-state index in [0.29, 0.717) is 125 Å². The van der Waals surface area contributed by atoms with Crippen LogP contribution in [0.25, 0.3) is 66.5 Å². The van der Waals surface area contributed by atoms with Crippen molar-refractivity contribution in [1.29, 1.82) is 0 Å². The number of nitrogens with two attached hydrogens (primary N) is 3. The Kier molecular flexibility index (Phi) is 19.7. The lowest BCUT2D eigenvalue weighted by Gasteiger charge is -2.32. The van der Waals surface area contributed by atoms with E-state index in [-0.39, 0.29) is 70.2 Å². The van der Waals surface area contributed by atoms with Crippen molar-refractivity contribution in [3.8, 4) is 92.0 Å². The van der Waals surface area contributed by atoms with Gasteiger partial charge in [-0.2, -0.15) is 30.6 Å². The van der Waals surface area contributed by atoms with E-state index in [1.165, 1.54) is 12.1 Å². The number of nitrogen functional groups attached to an aromatic ring is 3. The van der Waals surface area contributed by atoms with Gasteiger partial charge >= 0.3 is 0 Å². The molecule has 0 bridgehead atoms. The van der Waals surface area contributed by atoms with Crippen molar-refractivity contribution in [2.45, 2.75) is 57.7 Å². The van der Waals surface area contributed by atoms with Gasteiger partial charge < -0.3 is 46.1 Å². The first-order valence-corrected chi connectivity index (χ1v) is 32.9. The maximum Gasteiger partial charge on any atom is 0.298 e. The predicted molar refractivity (Wildman–Crippen MR) is 386 cm³/mol. The Labute approximate surface area is 586 Å². The molecule has 15 rings (SSSR count). The lowest BCUT2D eigenvalue weighted by Crippen LogP contribution is -2.40. The number of hydrogen-bond acceptors (Lipinski definition) is 18. The minimum atomic E-state index is -0.464. The van der Waals surface area contributed by atoms with Crippen molar-refractivity contribution in [3.63, 3.8) is 0 Å². The van der Waals surface area contributed by atoms with Gasteiger partial charge in [-0.1, -0.05) is 67.0 Å². The number of ether oxygens (including phenoxy) is 3. The standard InChI is InChI=1S/C25H21FN6O3.C25H24N6O3.C25H22N6O3/c1-2-5-20(33)31-13-12-16(14-31)32-23-21(24(27)28-29-25(23)34)22(30-32)15-8-10-17(11-9-15)35-19-7-4-3-6-18(19)26;1-2-20(32)30-14-6-7-17(15-30)31-23-21(24(26)27-28-25(23)33)22(29-31)16-10-12-19(13-11-16)34-18-8-4-3-5-9-18;1-2-6-20(32)30-14-13-17(15-30)31-23-21(24(26)27-28-25(23)33)22(29-31)16-9-11-19(12-10-16)34-18-7-4-3-5-8-18/h3-4,6-11,16H,12-14H2,1H3,(H2,27,28)(H,29,34);2-5,8-13,17H,1,6-7,14-15H2,(H2,26,27)(H,28,33);3-5,7-12,17H,13-15H2,1H3,(H2,26,27)(H,28,33)/t16-;2*17-/m111/s1. The van der Waals surface area contributed by atoms with Crippen molar-refractivity contribution in [2.24, 2.45) is 0 Å². The van der Waals surface area contributed by atoms with Gasteiger partial charge in [0.1, 0.15) is 62.4 Å². The molecular formula is C75H67FN18O9. The van der Waals surface area contributed by atoms with Crippen LogP contribution >= 0.6 is 0 Å². The minimum Gasteiger partial charge on any atom is -0.457 e. The molecule has 9 N–H and O–H groups in total. The molecule has 3 fully saturated rings. The Hall–Kier alpha value is -13.6. The van der Waals surface area contributed by atoms with E-state index in [1.807, 2.05) is 109 Å². The Morgan fingerprint density at radius 2 is 0.825 bits per heavy atom. The van der Waals surface area contributed by atoms with Crippen molar-refractivity contribution < 1.29 is 33.0 Å². The van der Waals surface area contributed by atoms with E-state index in [1.54, 1.807) is 85.1 Å². The number of nitrogens with one attached hydrogen (secondary N) is 3. The number of fused-ring (bicyclic) bond motifs is 3. The summed E-state index contributed by atoms with van der Waals surface area (Å²) in [6, 6.07) is 46.3. The molecule has 0 radical (unpaired) electrons. The number of aromatic amines is 3. The summed E-state index contributed by atoms with van der Waals surface area (Å²) >= 11 is 0. The number of likely N-dealkylation sites (tertiary alicyclic amines) is 3. The maximum absolute atomic E-state index is 13.9. The number of para-hydroxylation sites is 3. The molecule has 6 aromatic heterocycles. The summed E-state index contributed by atoms with van der Waals surface area (Å²) in [4.78, 5) is 80.0. The molecule has 3 saturated heterocycles. The van der Waals surface area contributed by atoms with Crippen LogP contribution in [-0.4, -0.2) is 132 Å². The van der Waals surface area contributed by atoms with Gasteiger partial charge in [0.05, 0.1) is 34.3 Å². The highest BCUT2D eigenvalue weighted by Gasteiger charge is 2.34. The highest BCUT2D eigenvalue weighted by atomic mass is 19.1. The lowest BCUT2D eigenvalue weighted by molar-refractivity contribution is -0.127. The highest BCUT2D eigenvalue weighted by molar-refractivity contribution is 6.02. The third kappa shape index (κ3) is 14.3. The zero-order valence-electron chi connectivity index (χ0n) is 55.7. The number of benzene rings is 6. The van der Waals surface area contributed by atoms with E-state index in [4.69, 9.17) is 46.7 Å². The fraction of sp³-hybridized carbons (Fsp3) is 0.200. The quantitative estimate of drug-likeness (QED) is 0.0462. The first-order valence-electron chi connectivity index (χ1n) is 32.9. The first-order chi connectivity index (χ1) is 50.0. The average molecular weight is 1380 g/mol. The lowest BCUT2D eigenvalue weighted by atomic mass is 10.1. The number of H-pyrrole nitrogens is 3. The van der Waals surface area contributed by atoms with Crippen LogP contribution in [0.15, 0.2) is 185 Å². The monoisotopic (exact) mass is 1380 g/mol. The number of carbonyl (C=O) groups excluding carboxylic acids is 3. The second-order valence-electron chi connectivity index (χ2n) is 24.2. The van der Waals surface area contributed by atoms with Gasteiger partial charge in [0.2, 0.25) is 5.91 Å². The fourth-order valence-electron chi connectivity index (χ4n) is 12.8. The van der Waals surface area contributed by atoms with Crippen molar-refractivity contribution in [2.75, 3.05) is 56.5 Å².